The van der Waals surface area contributed by atoms with Gasteiger partial charge in [-0.1, -0.05) is 48.5 Å². The Labute approximate surface area is 233 Å². The summed E-state index contributed by atoms with van der Waals surface area (Å²) in [5.41, 5.74) is 10.1. The third kappa shape index (κ3) is 5.13. The molecule has 8 nitrogen and oxygen atoms in total. The van der Waals surface area contributed by atoms with Gasteiger partial charge in [-0.15, -0.1) is 0 Å². The van der Waals surface area contributed by atoms with Crippen LogP contribution in [0.15, 0.2) is 84.9 Å². The maximum absolute atomic E-state index is 14.3. The number of hydrogen-bond acceptors (Lipinski definition) is 5. The minimum Gasteiger partial charge on any atom is -0.399 e. The molecular weight excluding hydrogens is 502 g/mol. The first-order chi connectivity index (χ1) is 19.3. The van der Waals surface area contributed by atoms with Crippen molar-refractivity contribution in [3.05, 3.63) is 102 Å². The molecule has 2 unspecified atom stereocenters. The molecule has 1 aliphatic rings. The van der Waals surface area contributed by atoms with Crippen LogP contribution < -0.4 is 26.2 Å². The molecule has 8 heteroatoms. The van der Waals surface area contributed by atoms with Crippen LogP contribution in [0.5, 0.6) is 0 Å². The zero-order valence-electron chi connectivity index (χ0n) is 22.8. The van der Waals surface area contributed by atoms with E-state index in [9.17, 15) is 14.4 Å². The van der Waals surface area contributed by atoms with Crippen LogP contribution in [-0.2, 0) is 16.1 Å². The van der Waals surface area contributed by atoms with Crippen molar-refractivity contribution in [3.8, 4) is 0 Å². The predicted octanol–water partition coefficient (Wildman–Crippen LogP) is 4.02. The second-order valence-electron chi connectivity index (χ2n) is 10.1. The van der Waals surface area contributed by atoms with Crippen LogP contribution in [0.2, 0.25) is 0 Å². The van der Waals surface area contributed by atoms with Crippen molar-refractivity contribution in [2.24, 2.45) is 0 Å². The molecule has 4 aromatic carbocycles. The monoisotopic (exact) mass is 535 g/mol. The highest BCUT2D eigenvalue weighted by Gasteiger charge is 2.37. The summed E-state index contributed by atoms with van der Waals surface area (Å²) in [6.07, 6.45) is 0. The summed E-state index contributed by atoms with van der Waals surface area (Å²) in [6.45, 7) is 4.01. The van der Waals surface area contributed by atoms with E-state index in [1.54, 1.807) is 48.0 Å². The number of para-hydroxylation sites is 2. The van der Waals surface area contributed by atoms with Gasteiger partial charge in [-0.25, -0.2) is 0 Å². The second-order valence-corrected chi connectivity index (χ2v) is 10.1. The van der Waals surface area contributed by atoms with E-state index in [-0.39, 0.29) is 30.8 Å². The molecule has 0 bridgehead atoms. The fourth-order valence-corrected chi connectivity index (χ4v) is 5.07. The standard InChI is InChI=1S/C32H33N5O3/c1-20-12-13-22-8-4-5-9-25(22)26(20)18-36-28-10-6-7-11-29(28)37(31(39)23-14-16-24(33)17-15-23)19-27(32(36)40)35-30(38)21(2)34-3/h4-17,21,27,34H,18-19,33H2,1-3H3,(H,35,38). The third-order valence-corrected chi connectivity index (χ3v) is 7.53. The lowest BCUT2D eigenvalue weighted by molar-refractivity contribution is -0.128. The van der Waals surface area contributed by atoms with Gasteiger partial charge in [-0.05, 0) is 79.2 Å². The van der Waals surface area contributed by atoms with E-state index in [1.807, 2.05) is 49.4 Å². The molecule has 0 radical (unpaired) electrons. The summed E-state index contributed by atoms with van der Waals surface area (Å²) >= 11 is 0. The summed E-state index contributed by atoms with van der Waals surface area (Å²) < 4.78 is 0. The van der Waals surface area contributed by atoms with E-state index in [0.29, 0.717) is 22.6 Å². The number of benzene rings is 4. The van der Waals surface area contributed by atoms with E-state index in [2.05, 4.69) is 28.8 Å². The van der Waals surface area contributed by atoms with Gasteiger partial charge >= 0.3 is 0 Å². The molecule has 40 heavy (non-hydrogen) atoms. The number of nitrogens with zero attached hydrogens (tertiary/aromatic N) is 2. The van der Waals surface area contributed by atoms with Crippen molar-refractivity contribution in [3.63, 3.8) is 0 Å². The van der Waals surface area contributed by atoms with Gasteiger partial charge in [-0.3, -0.25) is 14.4 Å². The van der Waals surface area contributed by atoms with Crippen LogP contribution in [0.1, 0.15) is 28.4 Å². The van der Waals surface area contributed by atoms with Gasteiger partial charge in [0.05, 0.1) is 30.5 Å². The maximum atomic E-state index is 14.3. The Morgan fingerprint density at radius 3 is 2.35 bits per heavy atom. The summed E-state index contributed by atoms with van der Waals surface area (Å²) in [6, 6.07) is 24.8. The molecule has 0 aliphatic carbocycles. The molecule has 3 amide bonds. The summed E-state index contributed by atoms with van der Waals surface area (Å²) in [5.74, 6) is -0.901. The zero-order chi connectivity index (χ0) is 28.4. The SMILES string of the molecule is CNC(C)C(=O)NC1CN(C(=O)c2ccc(N)cc2)c2ccccc2N(Cc2c(C)ccc3ccccc23)C1=O. The fraction of sp³-hybridized carbons (Fsp3) is 0.219. The van der Waals surface area contributed by atoms with Crippen molar-refractivity contribution in [1.82, 2.24) is 10.6 Å². The molecule has 1 heterocycles. The largest absolute Gasteiger partial charge is 0.399 e. The van der Waals surface area contributed by atoms with Crippen molar-refractivity contribution >= 4 is 45.6 Å². The van der Waals surface area contributed by atoms with E-state index in [0.717, 1.165) is 21.9 Å². The third-order valence-electron chi connectivity index (χ3n) is 7.53. The minimum atomic E-state index is -0.969. The Morgan fingerprint density at radius 1 is 0.950 bits per heavy atom. The van der Waals surface area contributed by atoms with E-state index < -0.39 is 12.1 Å². The number of anilines is 3. The fourth-order valence-electron chi connectivity index (χ4n) is 5.07. The lowest BCUT2D eigenvalue weighted by atomic mass is 9.99. The Balaban J connectivity index is 1.63. The summed E-state index contributed by atoms with van der Waals surface area (Å²) in [7, 11) is 1.68. The number of fused-ring (bicyclic) bond motifs is 2. The topological polar surface area (TPSA) is 108 Å². The molecular formula is C32H33N5O3. The van der Waals surface area contributed by atoms with Crippen LogP contribution in [0.25, 0.3) is 10.8 Å². The zero-order valence-corrected chi connectivity index (χ0v) is 22.8. The molecule has 1 aliphatic heterocycles. The number of carbonyl (C=O) groups is 3. The highest BCUT2D eigenvalue weighted by Crippen LogP contribution is 2.36. The van der Waals surface area contributed by atoms with Crippen molar-refractivity contribution in [2.75, 3.05) is 29.1 Å². The Kier molecular flexibility index (Phi) is 7.53. The molecule has 4 aromatic rings. The van der Waals surface area contributed by atoms with Crippen molar-refractivity contribution in [2.45, 2.75) is 32.5 Å². The first-order valence-corrected chi connectivity index (χ1v) is 13.3. The van der Waals surface area contributed by atoms with Gasteiger partial charge in [0.2, 0.25) is 5.91 Å². The first kappa shape index (κ1) is 26.9. The number of rotatable bonds is 6. The van der Waals surface area contributed by atoms with Gasteiger partial charge in [0.15, 0.2) is 0 Å². The van der Waals surface area contributed by atoms with E-state index >= 15 is 0 Å². The van der Waals surface area contributed by atoms with Crippen molar-refractivity contribution < 1.29 is 14.4 Å². The minimum absolute atomic E-state index is 0.0216. The summed E-state index contributed by atoms with van der Waals surface area (Å²) in [4.78, 5) is 44.4. The van der Waals surface area contributed by atoms with Crippen LogP contribution in [-0.4, -0.2) is 43.4 Å². The molecule has 204 valence electrons. The molecule has 2 atom stereocenters. The molecule has 5 rings (SSSR count). The molecule has 4 N–H and O–H groups in total. The molecule has 0 fully saturated rings. The molecule has 0 saturated heterocycles. The maximum Gasteiger partial charge on any atom is 0.258 e. The smallest absolute Gasteiger partial charge is 0.258 e. The van der Waals surface area contributed by atoms with Crippen LogP contribution in [0.4, 0.5) is 17.1 Å². The van der Waals surface area contributed by atoms with Gasteiger partial charge < -0.3 is 26.2 Å². The molecule has 0 saturated carbocycles. The number of nitrogen functional groups attached to an aromatic ring is 1. The predicted molar refractivity (Wildman–Crippen MR) is 159 cm³/mol. The van der Waals surface area contributed by atoms with Gasteiger partial charge in [-0.2, -0.15) is 0 Å². The normalized spacial score (nSPS) is 15.9. The van der Waals surface area contributed by atoms with Gasteiger partial charge in [0.1, 0.15) is 6.04 Å². The van der Waals surface area contributed by atoms with Crippen LogP contribution in [0, 0.1) is 6.92 Å². The number of nitrogens with two attached hydrogens (primary N) is 1. The number of carbonyl (C=O) groups excluding carboxylic acids is 3. The lowest BCUT2D eigenvalue weighted by Crippen LogP contribution is -2.55. The average molecular weight is 536 g/mol. The number of hydrogen-bond donors (Lipinski definition) is 3. The summed E-state index contributed by atoms with van der Waals surface area (Å²) in [5, 5.41) is 7.94. The van der Waals surface area contributed by atoms with E-state index in [4.69, 9.17) is 5.73 Å². The van der Waals surface area contributed by atoms with E-state index in [1.165, 1.54) is 0 Å². The molecule has 0 spiro atoms. The average Bonchev–Trinajstić information content (AvgIpc) is 3.08. The Bertz CT molecular complexity index is 1580. The highest BCUT2D eigenvalue weighted by atomic mass is 16.2. The Hall–Kier alpha value is -4.69. The number of amides is 3. The highest BCUT2D eigenvalue weighted by molar-refractivity contribution is 6.13. The quantitative estimate of drug-likeness (QED) is 0.323. The van der Waals surface area contributed by atoms with Gasteiger partial charge in [0.25, 0.3) is 11.8 Å². The molecule has 0 aromatic heterocycles. The number of nitrogens with one attached hydrogen (secondary N) is 2. The second kappa shape index (κ2) is 11.2. The van der Waals surface area contributed by atoms with Gasteiger partial charge in [0, 0.05) is 11.3 Å². The number of likely N-dealkylation sites (N-methyl/N-ethyl adjacent to an activating group) is 1. The van der Waals surface area contributed by atoms with Crippen molar-refractivity contribution in [1.29, 1.82) is 0 Å². The van der Waals surface area contributed by atoms with Crippen LogP contribution in [0.3, 0.4) is 0 Å². The number of aryl methyl sites for hydroxylation is 1. The lowest BCUT2D eigenvalue weighted by Gasteiger charge is -2.27. The first-order valence-electron chi connectivity index (χ1n) is 13.3. The Morgan fingerprint density at radius 2 is 1.62 bits per heavy atom. The van der Waals surface area contributed by atoms with Crippen LogP contribution >= 0.6 is 0 Å².